The fraction of sp³-hybridized carbons (Fsp3) is 0.400. The Kier molecular flexibility index (Phi) is 3.90. The molecule has 4 N–H and O–H groups in total. The van der Waals surface area contributed by atoms with E-state index in [1.54, 1.807) is 0 Å². The van der Waals surface area contributed by atoms with E-state index in [9.17, 15) is 0 Å². The quantitative estimate of drug-likeness (QED) is 0.722. The number of pyridine rings is 1. The summed E-state index contributed by atoms with van der Waals surface area (Å²) in [6, 6.07) is 9.67. The maximum atomic E-state index is 9.01. The van der Waals surface area contributed by atoms with E-state index in [0.717, 1.165) is 35.4 Å². The summed E-state index contributed by atoms with van der Waals surface area (Å²) in [5.41, 5.74) is 7.47. The van der Waals surface area contributed by atoms with Crippen LogP contribution in [0, 0.1) is 5.41 Å². The van der Waals surface area contributed by atoms with Gasteiger partial charge in [-0.05, 0) is 42.2 Å². The smallest absolute Gasteiger partial charge is 0.126 e. The molecule has 0 saturated carbocycles. The third-order valence-electron chi connectivity index (χ3n) is 3.25. The SMILES string of the molecule is CC(C)(CCO)CNc1ccc2cc(N)ccc2n1. The van der Waals surface area contributed by atoms with Crippen molar-refractivity contribution in [1.29, 1.82) is 0 Å². The van der Waals surface area contributed by atoms with E-state index in [0.29, 0.717) is 0 Å². The number of aromatic nitrogens is 1. The van der Waals surface area contributed by atoms with Crippen LogP contribution in [0.4, 0.5) is 11.5 Å². The number of anilines is 2. The average molecular weight is 259 g/mol. The fourth-order valence-corrected chi connectivity index (χ4v) is 1.96. The van der Waals surface area contributed by atoms with Crippen LogP contribution in [0.1, 0.15) is 20.3 Å². The van der Waals surface area contributed by atoms with Gasteiger partial charge in [0.05, 0.1) is 5.52 Å². The minimum Gasteiger partial charge on any atom is -0.399 e. The Labute approximate surface area is 113 Å². The van der Waals surface area contributed by atoms with Crippen LogP contribution in [0.2, 0.25) is 0 Å². The zero-order chi connectivity index (χ0) is 13.9. The van der Waals surface area contributed by atoms with Gasteiger partial charge in [0, 0.05) is 24.2 Å². The Morgan fingerprint density at radius 3 is 2.79 bits per heavy atom. The number of rotatable bonds is 5. The number of benzene rings is 1. The lowest BCUT2D eigenvalue weighted by Gasteiger charge is -2.24. The Hall–Kier alpha value is -1.81. The fourth-order valence-electron chi connectivity index (χ4n) is 1.96. The third kappa shape index (κ3) is 3.58. The first kappa shape index (κ1) is 13.6. The van der Waals surface area contributed by atoms with E-state index in [1.807, 2.05) is 30.3 Å². The van der Waals surface area contributed by atoms with E-state index in [2.05, 4.69) is 24.1 Å². The topological polar surface area (TPSA) is 71.2 Å². The number of nitrogens with two attached hydrogens (primary N) is 1. The minimum absolute atomic E-state index is 0.0481. The summed E-state index contributed by atoms with van der Waals surface area (Å²) in [7, 11) is 0. The van der Waals surface area contributed by atoms with Crippen LogP contribution in [0.3, 0.4) is 0 Å². The summed E-state index contributed by atoms with van der Waals surface area (Å²) < 4.78 is 0. The van der Waals surface area contributed by atoms with Crippen LogP contribution in [0.5, 0.6) is 0 Å². The van der Waals surface area contributed by atoms with Gasteiger partial charge in [-0.1, -0.05) is 13.8 Å². The Bertz CT molecular complexity index is 566. The predicted octanol–water partition coefficient (Wildman–Crippen LogP) is 2.64. The number of hydrogen-bond acceptors (Lipinski definition) is 4. The molecule has 0 amide bonds. The Balaban J connectivity index is 2.11. The summed E-state index contributed by atoms with van der Waals surface area (Å²) in [5.74, 6) is 0.850. The number of nitrogen functional groups attached to an aromatic ring is 1. The lowest BCUT2D eigenvalue weighted by Crippen LogP contribution is -2.24. The molecule has 0 radical (unpaired) electrons. The van der Waals surface area contributed by atoms with Crippen molar-refractivity contribution < 1.29 is 5.11 Å². The molecule has 1 aromatic carbocycles. The van der Waals surface area contributed by atoms with Crippen LogP contribution in [-0.2, 0) is 0 Å². The number of aliphatic hydroxyl groups is 1. The normalized spacial score (nSPS) is 11.7. The van der Waals surface area contributed by atoms with Gasteiger partial charge in [0.25, 0.3) is 0 Å². The molecule has 1 aromatic heterocycles. The molecule has 0 aliphatic carbocycles. The second-order valence-corrected chi connectivity index (χ2v) is 5.64. The Morgan fingerprint density at radius 2 is 2.05 bits per heavy atom. The largest absolute Gasteiger partial charge is 0.399 e. The molecule has 0 atom stereocenters. The van der Waals surface area contributed by atoms with Crippen molar-refractivity contribution in [2.24, 2.45) is 5.41 Å². The monoisotopic (exact) mass is 259 g/mol. The number of aliphatic hydroxyl groups excluding tert-OH is 1. The number of nitrogens with one attached hydrogen (secondary N) is 1. The molecule has 0 saturated heterocycles. The molecule has 0 spiro atoms. The maximum absolute atomic E-state index is 9.01. The van der Waals surface area contributed by atoms with Crippen molar-refractivity contribution in [3.05, 3.63) is 30.3 Å². The molecule has 4 nitrogen and oxygen atoms in total. The van der Waals surface area contributed by atoms with Gasteiger partial charge in [-0.25, -0.2) is 4.98 Å². The van der Waals surface area contributed by atoms with Crippen LogP contribution in [0.15, 0.2) is 30.3 Å². The third-order valence-corrected chi connectivity index (χ3v) is 3.25. The summed E-state index contributed by atoms with van der Waals surface area (Å²) in [5, 5.41) is 13.4. The van der Waals surface area contributed by atoms with Crippen LogP contribution >= 0.6 is 0 Å². The van der Waals surface area contributed by atoms with Gasteiger partial charge >= 0.3 is 0 Å². The molecule has 19 heavy (non-hydrogen) atoms. The highest BCUT2D eigenvalue weighted by Gasteiger charge is 2.16. The summed E-state index contributed by atoms with van der Waals surface area (Å²) in [6.45, 7) is 5.23. The van der Waals surface area contributed by atoms with Gasteiger partial charge in [0.15, 0.2) is 0 Å². The van der Waals surface area contributed by atoms with Crippen molar-refractivity contribution >= 4 is 22.4 Å². The number of nitrogens with zero attached hydrogens (tertiary/aromatic N) is 1. The van der Waals surface area contributed by atoms with Crippen LogP contribution in [0.25, 0.3) is 10.9 Å². The number of hydrogen-bond donors (Lipinski definition) is 3. The standard InChI is InChI=1S/C15H21N3O/c1-15(2,7-8-19)10-17-14-6-3-11-9-12(16)4-5-13(11)18-14/h3-6,9,19H,7-8,10,16H2,1-2H3,(H,17,18). The van der Waals surface area contributed by atoms with E-state index < -0.39 is 0 Å². The van der Waals surface area contributed by atoms with Gasteiger partial charge in [0.2, 0.25) is 0 Å². The Morgan fingerprint density at radius 1 is 1.26 bits per heavy atom. The minimum atomic E-state index is 0.0481. The highest BCUT2D eigenvalue weighted by Crippen LogP contribution is 2.22. The molecule has 0 fully saturated rings. The predicted molar refractivity (Wildman–Crippen MR) is 80.1 cm³/mol. The van der Waals surface area contributed by atoms with Crippen molar-refractivity contribution in [3.8, 4) is 0 Å². The summed E-state index contributed by atoms with van der Waals surface area (Å²) in [4.78, 5) is 4.55. The van der Waals surface area contributed by atoms with Gasteiger partial charge in [-0.3, -0.25) is 0 Å². The molecular weight excluding hydrogens is 238 g/mol. The molecule has 0 aliphatic heterocycles. The van der Waals surface area contributed by atoms with Gasteiger partial charge in [-0.2, -0.15) is 0 Å². The highest BCUT2D eigenvalue weighted by molar-refractivity contribution is 5.83. The van der Waals surface area contributed by atoms with Crippen molar-refractivity contribution in [1.82, 2.24) is 4.98 Å². The molecule has 4 heteroatoms. The average Bonchev–Trinajstić information content (AvgIpc) is 2.36. The number of fused-ring (bicyclic) bond motifs is 1. The molecule has 0 bridgehead atoms. The molecule has 1 heterocycles. The zero-order valence-corrected chi connectivity index (χ0v) is 11.5. The van der Waals surface area contributed by atoms with Gasteiger partial charge in [0.1, 0.15) is 5.82 Å². The first-order chi connectivity index (χ1) is 9.00. The molecule has 102 valence electrons. The second kappa shape index (κ2) is 5.45. The maximum Gasteiger partial charge on any atom is 0.126 e. The second-order valence-electron chi connectivity index (χ2n) is 5.64. The van der Waals surface area contributed by atoms with Gasteiger partial charge < -0.3 is 16.2 Å². The van der Waals surface area contributed by atoms with Crippen LogP contribution < -0.4 is 11.1 Å². The van der Waals surface area contributed by atoms with E-state index in [4.69, 9.17) is 10.8 Å². The molecule has 2 aromatic rings. The molecule has 2 rings (SSSR count). The highest BCUT2D eigenvalue weighted by atomic mass is 16.3. The van der Waals surface area contributed by atoms with Crippen molar-refractivity contribution in [2.45, 2.75) is 20.3 Å². The first-order valence-corrected chi connectivity index (χ1v) is 6.51. The molecule has 0 unspecified atom stereocenters. The zero-order valence-electron chi connectivity index (χ0n) is 11.5. The lowest BCUT2D eigenvalue weighted by molar-refractivity contribution is 0.220. The summed E-state index contributed by atoms with van der Waals surface area (Å²) in [6.07, 6.45) is 0.768. The molecular formula is C15H21N3O. The van der Waals surface area contributed by atoms with Crippen molar-refractivity contribution in [3.63, 3.8) is 0 Å². The van der Waals surface area contributed by atoms with Crippen molar-refractivity contribution in [2.75, 3.05) is 24.2 Å². The van der Waals surface area contributed by atoms with Crippen LogP contribution in [-0.4, -0.2) is 23.2 Å². The summed E-state index contributed by atoms with van der Waals surface area (Å²) >= 11 is 0. The van der Waals surface area contributed by atoms with E-state index in [1.165, 1.54) is 0 Å². The van der Waals surface area contributed by atoms with E-state index in [-0.39, 0.29) is 12.0 Å². The first-order valence-electron chi connectivity index (χ1n) is 6.51. The van der Waals surface area contributed by atoms with E-state index >= 15 is 0 Å². The molecule has 0 aliphatic rings. The lowest BCUT2D eigenvalue weighted by atomic mass is 9.90. The van der Waals surface area contributed by atoms with Gasteiger partial charge in [-0.15, -0.1) is 0 Å².